The van der Waals surface area contributed by atoms with Crippen molar-refractivity contribution in [2.24, 2.45) is 5.10 Å². The number of halogens is 1. The van der Waals surface area contributed by atoms with Gasteiger partial charge in [0, 0.05) is 23.2 Å². The maximum atomic E-state index is 11.8. The van der Waals surface area contributed by atoms with E-state index in [0.717, 1.165) is 0 Å². The quantitative estimate of drug-likeness (QED) is 0.534. The average molecular weight is 302 g/mol. The van der Waals surface area contributed by atoms with E-state index in [4.69, 9.17) is 17.3 Å². The summed E-state index contributed by atoms with van der Waals surface area (Å²) in [4.78, 5) is 11.8. The molecule has 2 aromatic rings. The zero-order valence-electron chi connectivity index (χ0n) is 11.9. The van der Waals surface area contributed by atoms with Gasteiger partial charge >= 0.3 is 0 Å². The van der Waals surface area contributed by atoms with Crippen LogP contribution in [0, 0.1) is 0 Å². The molecular formula is C16H16ClN3O. The Morgan fingerprint density at radius 3 is 2.43 bits per heavy atom. The number of benzene rings is 2. The average Bonchev–Trinajstić information content (AvgIpc) is 2.47. The number of hydrogen-bond donors (Lipinski definition) is 1. The Morgan fingerprint density at radius 1 is 1.14 bits per heavy atom. The van der Waals surface area contributed by atoms with Crippen LogP contribution in [0.1, 0.15) is 19.4 Å². The van der Waals surface area contributed by atoms with Crippen molar-refractivity contribution >= 4 is 34.6 Å². The molecule has 0 radical (unpaired) electrons. The lowest BCUT2D eigenvalue weighted by molar-refractivity contribution is -0.116. The number of hydrogen-bond acceptors (Lipinski definition) is 3. The summed E-state index contributed by atoms with van der Waals surface area (Å²) in [6.45, 7) is 3.26. The first-order chi connectivity index (χ1) is 9.99. The van der Waals surface area contributed by atoms with Gasteiger partial charge in [0.2, 0.25) is 5.91 Å². The third-order valence-electron chi connectivity index (χ3n) is 2.95. The molecule has 108 valence electrons. The highest BCUT2D eigenvalue weighted by Gasteiger charge is 2.12. The van der Waals surface area contributed by atoms with E-state index in [2.05, 4.69) is 5.10 Å². The van der Waals surface area contributed by atoms with E-state index in [1.54, 1.807) is 25.1 Å². The first-order valence-electron chi connectivity index (χ1n) is 6.45. The molecule has 0 unspecified atom stereocenters. The number of hydrazone groups is 1. The van der Waals surface area contributed by atoms with Crippen LogP contribution in [0.3, 0.4) is 0 Å². The third-order valence-corrected chi connectivity index (χ3v) is 3.19. The molecule has 2 N–H and O–H groups in total. The number of carbonyl (C=O) groups is 1. The third kappa shape index (κ3) is 3.61. The SMILES string of the molecule is CC(=O)N(/N=C(\C)c1cc(Cl)ccc1N)c1ccccc1. The minimum absolute atomic E-state index is 0.179. The van der Waals surface area contributed by atoms with Crippen LogP contribution in [-0.4, -0.2) is 11.6 Å². The molecule has 0 heterocycles. The maximum absolute atomic E-state index is 11.8. The normalized spacial score (nSPS) is 11.3. The number of amides is 1. The number of anilines is 2. The van der Waals surface area contributed by atoms with Gasteiger partial charge < -0.3 is 5.73 Å². The highest BCUT2D eigenvalue weighted by molar-refractivity contribution is 6.31. The second kappa shape index (κ2) is 6.41. The van der Waals surface area contributed by atoms with E-state index in [9.17, 15) is 4.79 Å². The van der Waals surface area contributed by atoms with Gasteiger partial charge in [-0.1, -0.05) is 29.8 Å². The monoisotopic (exact) mass is 301 g/mol. The lowest BCUT2D eigenvalue weighted by atomic mass is 10.1. The molecular weight excluding hydrogens is 286 g/mol. The minimum Gasteiger partial charge on any atom is -0.398 e. The summed E-state index contributed by atoms with van der Waals surface area (Å²) >= 11 is 5.99. The van der Waals surface area contributed by atoms with Crippen LogP contribution in [-0.2, 0) is 4.79 Å². The zero-order valence-corrected chi connectivity index (χ0v) is 12.6. The largest absolute Gasteiger partial charge is 0.398 e. The van der Waals surface area contributed by atoms with Crippen LogP contribution in [0.25, 0.3) is 0 Å². The van der Waals surface area contributed by atoms with Crippen LogP contribution in [0.2, 0.25) is 5.02 Å². The number of nitrogens with two attached hydrogens (primary N) is 1. The first-order valence-corrected chi connectivity index (χ1v) is 6.83. The number of rotatable bonds is 3. The lowest BCUT2D eigenvalue weighted by Crippen LogP contribution is -2.24. The zero-order chi connectivity index (χ0) is 15.4. The molecule has 2 rings (SSSR count). The van der Waals surface area contributed by atoms with Crippen molar-refractivity contribution in [3.05, 3.63) is 59.1 Å². The molecule has 0 bridgehead atoms. The van der Waals surface area contributed by atoms with Gasteiger partial charge in [0.25, 0.3) is 0 Å². The highest BCUT2D eigenvalue weighted by atomic mass is 35.5. The topological polar surface area (TPSA) is 58.7 Å². The van der Waals surface area contributed by atoms with Crippen LogP contribution in [0.15, 0.2) is 53.6 Å². The van der Waals surface area contributed by atoms with Crippen molar-refractivity contribution in [1.82, 2.24) is 0 Å². The van der Waals surface area contributed by atoms with Gasteiger partial charge in [-0.2, -0.15) is 5.10 Å². The summed E-state index contributed by atoms with van der Waals surface area (Å²) in [5.74, 6) is -0.179. The van der Waals surface area contributed by atoms with E-state index >= 15 is 0 Å². The first kappa shape index (κ1) is 15.1. The molecule has 0 aliphatic carbocycles. The number of para-hydroxylation sites is 1. The summed E-state index contributed by atoms with van der Waals surface area (Å²) in [5.41, 5.74) is 8.54. The Bertz CT molecular complexity index is 683. The second-order valence-corrected chi connectivity index (χ2v) is 5.02. The molecule has 21 heavy (non-hydrogen) atoms. The molecule has 1 amide bonds. The molecule has 2 aromatic carbocycles. The van der Waals surface area contributed by atoms with Crippen LogP contribution >= 0.6 is 11.6 Å². The second-order valence-electron chi connectivity index (χ2n) is 4.58. The van der Waals surface area contributed by atoms with Gasteiger partial charge in [-0.05, 0) is 37.3 Å². The number of nitrogens with zero attached hydrogens (tertiary/aromatic N) is 2. The minimum atomic E-state index is -0.179. The predicted molar refractivity (Wildman–Crippen MR) is 87.7 cm³/mol. The highest BCUT2D eigenvalue weighted by Crippen LogP contribution is 2.20. The van der Waals surface area contributed by atoms with E-state index in [0.29, 0.717) is 27.7 Å². The molecule has 0 aliphatic rings. The van der Waals surface area contributed by atoms with E-state index in [1.165, 1.54) is 11.9 Å². The van der Waals surface area contributed by atoms with Crippen molar-refractivity contribution in [1.29, 1.82) is 0 Å². The summed E-state index contributed by atoms with van der Waals surface area (Å²) in [5, 5.41) is 6.30. The molecule has 0 spiro atoms. The molecule has 5 heteroatoms. The predicted octanol–water partition coefficient (Wildman–Crippen LogP) is 3.70. The fraction of sp³-hybridized carbons (Fsp3) is 0.125. The van der Waals surface area contributed by atoms with Gasteiger partial charge in [-0.25, -0.2) is 5.01 Å². The van der Waals surface area contributed by atoms with Crippen molar-refractivity contribution in [2.75, 3.05) is 10.7 Å². The van der Waals surface area contributed by atoms with Crippen molar-refractivity contribution in [3.63, 3.8) is 0 Å². The van der Waals surface area contributed by atoms with Crippen molar-refractivity contribution in [2.45, 2.75) is 13.8 Å². The fourth-order valence-corrected chi connectivity index (χ4v) is 2.10. The van der Waals surface area contributed by atoms with Crippen molar-refractivity contribution < 1.29 is 4.79 Å². The van der Waals surface area contributed by atoms with Gasteiger partial charge in [0.15, 0.2) is 0 Å². The summed E-state index contributed by atoms with van der Waals surface area (Å²) < 4.78 is 0. The fourth-order valence-electron chi connectivity index (χ4n) is 1.92. The molecule has 0 fully saturated rings. The van der Waals surface area contributed by atoms with Crippen LogP contribution in [0.4, 0.5) is 11.4 Å². The summed E-state index contributed by atoms with van der Waals surface area (Å²) in [7, 11) is 0. The Kier molecular flexibility index (Phi) is 4.60. The number of nitrogen functional groups attached to an aromatic ring is 1. The Balaban J connectivity index is 2.43. The molecule has 0 saturated carbocycles. The molecule has 0 atom stereocenters. The molecule has 0 saturated heterocycles. The Labute approximate surface area is 128 Å². The smallest absolute Gasteiger partial charge is 0.244 e. The Hall–Kier alpha value is -2.33. The van der Waals surface area contributed by atoms with Gasteiger partial charge in [0.1, 0.15) is 0 Å². The van der Waals surface area contributed by atoms with E-state index in [1.807, 2.05) is 30.3 Å². The number of carbonyl (C=O) groups excluding carboxylic acids is 1. The maximum Gasteiger partial charge on any atom is 0.244 e. The molecule has 0 aliphatic heterocycles. The van der Waals surface area contributed by atoms with Gasteiger partial charge in [-0.15, -0.1) is 0 Å². The van der Waals surface area contributed by atoms with Gasteiger partial charge in [0.05, 0.1) is 11.4 Å². The standard InChI is InChI=1S/C16H16ClN3O/c1-11(15-10-13(17)8-9-16(15)18)19-20(12(2)21)14-6-4-3-5-7-14/h3-10H,18H2,1-2H3/b19-11+. The molecule has 0 aromatic heterocycles. The molecule has 4 nitrogen and oxygen atoms in total. The van der Waals surface area contributed by atoms with Crippen LogP contribution in [0.5, 0.6) is 0 Å². The summed E-state index contributed by atoms with van der Waals surface area (Å²) in [6, 6.07) is 14.4. The Morgan fingerprint density at radius 2 is 1.81 bits per heavy atom. The van der Waals surface area contributed by atoms with Crippen LogP contribution < -0.4 is 10.7 Å². The van der Waals surface area contributed by atoms with E-state index < -0.39 is 0 Å². The van der Waals surface area contributed by atoms with E-state index in [-0.39, 0.29) is 5.91 Å². The lowest BCUT2D eigenvalue weighted by Gasteiger charge is -2.17. The summed E-state index contributed by atoms with van der Waals surface area (Å²) in [6.07, 6.45) is 0. The van der Waals surface area contributed by atoms with Gasteiger partial charge in [-0.3, -0.25) is 4.79 Å². The van der Waals surface area contributed by atoms with Crippen molar-refractivity contribution in [3.8, 4) is 0 Å².